The van der Waals surface area contributed by atoms with Crippen molar-refractivity contribution in [2.24, 2.45) is 5.41 Å². The van der Waals surface area contributed by atoms with Crippen molar-refractivity contribution < 1.29 is 4.74 Å². The van der Waals surface area contributed by atoms with E-state index >= 15 is 0 Å². The van der Waals surface area contributed by atoms with E-state index in [1.165, 1.54) is 43.2 Å². The molecule has 0 unspecified atom stereocenters. The molecule has 2 rings (SSSR count). The van der Waals surface area contributed by atoms with Gasteiger partial charge in [-0.3, -0.25) is 0 Å². The third-order valence-electron chi connectivity index (χ3n) is 3.99. The lowest BCUT2D eigenvalue weighted by Crippen LogP contribution is -2.33. The monoisotopic (exact) mass is 264 g/mol. The predicted octanol–water partition coefficient (Wildman–Crippen LogP) is 4.56. The van der Waals surface area contributed by atoms with Crippen LogP contribution in [0.4, 0.5) is 0 Å². The van der Waals surface area contributed by atoms with Gasteiger partial charge in [0.2, 0.25) is 0 Å². The van der Waals surface area contributed by atoms with Crippen molar-refractivity contribution in [3.63, 3.8) is 0 Å². The molecule has 0 spiro atoms. The van der Waals surface area contributed by atoms with Crippen LogP contribution in [-0.4, -0.2) is 12.4 Å². The molecule has 0 radical (unpaired) electrons. The Bertz CT molecular complexity index is 374. The first kappa shape index (κ1) is 13.8. The zero-order chi connectivity index (χ0) is 13.0. The molecule has 0 aromatic heterocycles. The third-order valence-corrected chi connectivity index (χ3v) is 4.66. The summed E-state index contributed by atoms with van der Waals surface area (Å²) in [6.07, 6.45) is 6.56. The fraction of sp³-hybridized carbons (Fsp3) is 0.625. The van der Waals surface area contributed by atoms with Gasteiger partial charge in [-0.25, -0.2) is 0 Å². The first-order valence-corrected chi connectivity index (χ1v) is 7.59. The molecule has 0 atom stereocenters. The van der Waals surface area contributed by atoms with Crippen LogP contribution < -0.4 is 4.74 Å². The van der Waals surface area contributed by atoms with Crippen LogP contribution in [-0.2, 0) is 0 Å². The van der Waals surface area contributed by atoms with Gasteiger partial charge in [0.25, 0.3) is 0 Å². The minimum atomic E-state index is 0.305. The third kappa shape index (κ3) is 3.44. The van der Waals surface area contributed by atoms with Gasteiger partial charge in [0.15, 0.2) is 0 Å². The zero-order valence-electron chi connectivity index (χ0n) is 11.5. The smallest absolute Gasteiger partial charge is 0.119 e. The van der Waals surface area contributed by atoms with E-state index in [-0.39, 0.29) is 0 Å². The molecule has 0 aliphatic heterocycles. The molecule has 0 saturated heterocycles. The summed E-state index contributed by atoms with van der Waals surface area (Å²) in [7, 11) is 0. The Kier molecular flexibility index (Phi) is 4.60. The topological polar surface area (TPSA) is 9.23 Å². The lowest BCUT2D eigenvalue weighted by molar-refractivity contribution is 0.121. The second kappa shape index (κ2) is 6.01. The van der Waals surface area contributed by atoms with Crippen molar-refractivity contribution in [1.29, 1.82) is 0 Å². The van der Waals surface area contributed by atoms with Gasteiger partial charge >= 0.3 is 0 Å². The maximum Gasteiger partial charge on any atom is 0.119 e. The molecule has 100 valence electrons. The first-order chi connectivity index (χ1) is 8.63. The van der Waals surface area contributed by atoms with Crippen molar-refractivity contribution in [2.45, 2.75) is 46.0 Å². The number of thiol groups is 1. The summed E-state index contributed by atoms with van der Waals surface area (Å²) >= 11 is 4.56. The molecule has 18 heavy (non-hydrogen) atoms. The fourth-order valence-corrected chi connectivity index (χ4v) is 3.31. The molecule has 1 saturated carbocycles. The Labute approximate surface area is 116 Å². The summed E-state index contributed by atoms with van der Waals surface area (Å²) in [6.45, 7) is 5.06. The Morgan fingerprint density at radius 3 is 2.22 bits per heavy atom. The van der Waals surface area contributed by atoms with Gasteiger partial charge in [0.1, 0.15) is 5.75 Å². The highest BCUT2D eigenvalue weighted by molar-refractivity contribution is 7.80. The van der Waals surface area contributed by atoms with Crippen LogP contribution in [0.15, 0.2) is 18.2 Å². The summed E-state index contributed by atoms with van der Waals surface area (Å²) < 4.78 is 6.05. The quantitative estimate of drug-likeness (QED) is 0.784. The second-order valence-corrected chi connectivity index (χ2v) is 6.15. The van der Waals surface area contributed by atoms with E-state index in [0.717, 1.165) is 18.1 Å². The molecule has 0 bridgehead atoms. The highest BCUT2D eigenvalue weighted by atomic mass is 32.1. The largest absolute Gasteiger partial charge is 0.493 e. The lowest BCUT2D eigenvalue weighted by atomic mass is 9.76. The molecule has 0 amide bonds. The average molecular weight is 264 g/mol. The molecular weight excluding hydrogens is 240 g/mol. The van der Waals surface area contributed by atoms with E-state index < -0.39 is 0 Å². The van der Waals surface area contributed by atoms with Crippen LogP contribution in [0, 0.1) is 19.3 Å². The number of aryl methyl sites for hydroxylation is 2. The van der Waals surface area contributed by atoms with Gasteiger partial charge < -0.3 is 4.74 Å². The van der Waals surface area contributed by atoms with Gasteiger partial charge in [0.05, 0.1) is 6.61 Å². The minimum absolute atomic E-state index is 0.305. The normalized spacial score (nSPS) is 18.6. The molecule has 2 heteroatoms. The van der Waals surface area contributed by atoms with Crippen LogP contribution in [0.2, 0.25) is 0 Å². The van der Waals surface area contributed by atoms with E-state index in [1.807, 2.05) is 0 Å². The Morgan fingerprint density at radius 1 is 1.06 bits per heavy atom. The van der Waals surface area contributed by atoms with Crippen molar-refractivity contribution in [3.8, 4) is 5.75 Å². The van der Waals surface area contributed by atoms with Crippen molar-refractivity contribution in [3.05, 3.63) is 29.3 Å². The van der Waals surface area contributed by atoms with Gasteiger partial charge in [-0.1, -0.05) is 25.3 Å². The van der Waals surface area contributed by atoms with E-state index in [9.17, 15) is 0 Å². The zero-order valence-corrected chi connectivity index (χ0v) is 12.4. The van der Waals surface area contributed by atoms with E-state index in [0.29, 0.717) is 5.41 Å². The molecule has 1 aliphatic rings. The standard InChI is InChI=1S/C16H24OS/c1-13-8-14(2)10-15(9-13)17-11-16(12-18)6-4-3-5-7-16/h8-10,18H,3-7,11-12H2,1-2H3. The molecule has 0 N–H and O–H groups in total. The van der Waals surface area contributed by atoms with Gasteiger partial charge in [-0.05, 0) is 55.7 Å². The van der Waals surface area contributed by atoms with E-state index in [4.69, 9.17) is 4.74 Å². The predicted molar refractivity (Wildman–Crippen MR) is 80.8 cm³/mol. The maximum atomic E-state index is 6.05. The van der Waals surface area contributed by atoms with Gasteiger partial charge in [-0.15, -0.1) is 0 Å². The number of hydrogen-bond acceptors (Lipinski definition) is 2. The number of benzene rings is 1. The van der Waals surface area contributed by atoms with E-state index in [2.05, 4.69) is 44.7 Å². The van der Waals surface area contributed by atoms with Crippen LogP contribution >= 0.6 is 12.6 Å². The van der Waals surface area contributed by atoms with Crippen molar-refractivity contribution >= 4 is 12.6 Å². The van der Waals surface area contributed by atoms with Crippen LogP contribution in [0.5, 0.6) is 5.75 Å². The minimum Gasteiger partial charge on any atom is -0.493 e. The molecule has 0 heterocycles. The highest BCUT2D eigenvalue weighted by Gasteiger charge is 2.31. The molecular formula is C16H24OS. The number of ether oxygens (including phenoxy) is 1. The van der Waals surface area contributed by atoms with Crippen LogP contribution in [0.3, 0.4) is 0 Å². The van der Waals surface area contributed by atoms with Crippen molar-refractivity contribution in [2.75, 3.05) is 12.4 Å². The van der Waals surface area contributed by atoms with E-state index in [1.54, 1.807) is 0 Å². The SMILES string of the molecule is Cc1cc(C)cc(OCC2(CS)CCCCC2)c1. The first-order valence-electron chi connectivity index (χ1n) is 6.96. The number of hydrogen-bond donors (Lipinski definition) is 1. The van der Waals surface area contributed by atoms with Crippen molar-refractivity contribution in [1.82, 2.24) is 0 Å². The fourth-order valence-electron chi connectivity index (χ4n) is 2.90. The van der Waals surface area contributed by atoms with Gasteiger partial charge in [-0.2, -0.15) is 12.6 Å². The summed E-state index contributed by atoms with van der Waals surface area (Å²) in [5.41, 5.74) is 2.85. The number of rotatable bonds is 4. The lowest BCUT2D eigenvalue weighted by Gasteiger charge is -2.35. The molecule has 1 fully saturated rings. The molecule has 1 aromatic rings. The Hall–Kier alpha value is -0.630. The highest BCUT2D eigenvalue weighted by Crippen LogP contribution is 2.37. The van der Waals surface area contributed by atoms with Gasteiger partial charge in [0, 0.05) is 5.41 Å². The summed E-state index contributed by atoms with van der Waals surface area (Å²) in [5, 5.41) is 0. The van der Waals surface area contributed by atoms with Crippen LogP contribution in [0.1, 0.15) is 43.2 Å². The summed E-state index contributed by atoms with van der Waals surface area (Å²) in [5.74, 6) is 1.96. The Morgan fingerprint density at radius 2 is 1.67 bits per heavy atom. The Balaban J connectivity index is 2.00. The average Bonchev–Trinajstić information content (AvgIpc) is 2.36. The second-order valence-electron chi connectivity index (χ2n) is 5.83. The summed E-state index contributed by atoms with van der Waals surface area (Å²) in [6, 6.07) is 6.44. The molecule has 1 aromatic carbocycles. The maximum absolute atomic E-state index is 6.05. The molecule has 1 nitrogen and oxygen atoms in total. The summed E-state index contributed by atoms with van der Waals surface area (Å²) in [4.78, 5) is 0. The molecule has 1 aliphatic carbocycles. The van der Waals surface area contributed by atoms with Crippen LogP contribution in [0.25, 0.3) is 0 Å².